The molecule has 0 fully saturated rings. The number of esters is 1. The Morgan fingerprint density at radius 1 is 1.30 bits per heavy atom. The number of carbonyl (C=O) groups excluding carboxylic acids is 3. The van der Waals surface area contributed by atoms with Crippen LogP contribution in [-0.2, 0) is 14.3 Å². The number of fused-ring (bicyclic) bond motifs is 1. The Labute approximate surface area is 164 Å². The number of benzene rings is 2. The van der Waals surface area contributed by atoms with Crippen molar-refractivity contribution in [1.82, 2.24) is 0 Å². The number of halogens is 1. The maximum atomic E-state index is 12.8. The number of carbonyl (C=O) groups is 3. The highest BCUT2D eigenvalue weighted by atomic mass is 79.9. The molecule has 1 heterocycles. The van der Waals surface area contributed by atoms with Crippen molar-refractivity contribution in [2.75, 3.05) is 22.6 Å². The van der Waals surface area contributed by atoms with Crippen molar-refractivity contribution < 1.29 is 19.1 Å². The highest BCUT2D eigenvalue weighted by Crippen LogP contribution is 2.31. The first-order chi connectivity index (χ1) is 12.9. The molecule has 1 aliphatic heterocycles. The SMILES string of the molecule is C[C@@H]1CC(=O)Nc2ccccc2N1C(=O)COC(=O)c1cc(Br)ccc1N. The summed E-state index contributed by atoms with van der Waals surface area (Å²) in [5, 5.41) is 2.78. The molecule has 0 saturated heterocycles. The zero-order valence-corrected chi connectivity index (χ0v) is 16.2. The van der Waals surface area contributed by atoms with Crippen LogP contribution in [0.2, 0.25) is 0 Å². The predicted octanol–water partition coefficient (Wildman–Crippen LogP) is 2.95. The lowest BCUT2D eigenvalue weighted by atomic mass is 10.1. The molecule has 27 heavy (non-hydrogen) atoms. The van der Waals surface area contributed by atoms with Gasteiger partial charge in [-0.05, 0) is 37.3 Å². The monoisotopic (exact) mass is 431 g/mol. The van der Waals surface area contributed by atoms with Crippen LogP contribution in [0.4, 0.5) is 17.1 Å². The minimum atomic E-state index is -0.688. The van der Waals surface area contributed by atoms with Crippen molar-refractivity contribution in [2.45, 2.75) is 19.4 Å². The average molecular weight is 432 g/mol. The first kappa shape index (κ1) is 18.9. The van der Waals surface area contributed by atoms with Crippen molar-refractivity contribution >= 4 is 50.8 Å². The molecular weight excluding hydrogens is 414 g/mol. The van der Waals surface area contributed by atoms with E-state index in [1.54, 1.807) is 43.3 Å². The van der Waals surface area contributed by atoms with Crippen LogP contribution in [-0.4, -0.2) is 30.4 Å². The first-order valence-electron chi connectivity index (χ1n) is 8.30. The lowest BCUT2D eigenvalue weighted by molar-refractivity contribution is -0.122. The fraction of sp³-hybridized carbons (Fsp3) is 0.211. The second kappa shape index (κ2) is 7.79. The molecule has 0 aromatic heterocycles. The maximum Gasteiger partial charge on any atom is 0.340 e. The molecule has 2 aromatic carbocycles. The average Bonchev–Trinajstić information content (AvgIpc) is 2.75. The fourth-order valence-electron chi connectivity index (χ4n) is 2.95. The van der Waals surface area contributed by atoms with Crippen molar-refractivity contribution in [3.05, 3.63) is 52.5 Å². The number of nitrogens with zero attached hydrogens (tertiary/aromatic N) is 1. The van der Waals surface area contributed by atoms with E-state index in [1.165, 1.54) is 11.0 Å². The molecule has 8 heteroatoms. The molecule has 3 rings (SSSR count). The molecule has 140 valence electrons. The summed E-state index contributed by atoms with van der Waals surface area (Å²) < 4.78 is 5.85. The number of amides is 2. The van der Waals surface area contributed by atoms with Crippen LogP contribution < -0.4 is 16.0 Å². The Bertz CT molecular complexity index is 916. The van der Waals surface area contributed by atoms with Crippen LogP contribution in [0.1, 0.15) is 23.7 Å². The molecule has 0 unspecified atom stereocenters. The number of para-hydroxylation sites is 2. The van der Waals surface area contributed by atoms with E-state index in [2.05, 4.69) is 21.2 Å². The van der Waals surface area contributed by atoms with E-state index >= 15 is 0 Å². The van der Waals surface area contributed by atoms with Gasteiger partial charge in [0.25, 0.3) is 5.91 Å². The van der Waals surface area contributed by atoms with Gasteiger partial charge in [0, 0.05) is 22.6 Å². The van der Waals surface area contributed by atoms with Gasteiger partial charge < -0.3 is 20.7 Å². The Morgan fingerprint density at radius 3 is 2.81 bits per heavy atom. The number of anilines is 3. The summed E-state index contributed by atoms with van der Waals surface area (Å²) >= 11 is 3.27. The molecular formula is C19H18BrN3O4. The van der Waals surface area contributed by atoms with E-state index in [-0.39, 0.29) is 29.6 Å². The third-order valence-corrected chi connectivity index (χ3v) is 4.68. The molecule has 1 aliphatic rings. The molecule has 7 nitrogen and oxygen atoms in total. The number of rotatable bonds is 3. The second-order valence-electron chi connectivity index (χ2n) is 6.19. The third kappa shape index (κ3) is 4.11. The third-order valence-electron chi connectivity index (χ3n) is 4.19. The number of nitrogen functional groups attached to an aromatic ring is 1. The van der Waals surface area contributed by atoms with Gasteiger partial charge in [-0.1, -0.05) is 28.1 Å². The molecule has 0 aliphatic carbocycles. The smallest absolute Gasteiger partial charge is 0.340 e. The van der Waals surface area contributed by atoms with Crippen LogP contribution in [0, 0.1) is 0 Å². The fourth-order valence-corrected chi connectivity index (χ4v) is 3.31. The molecule has 2 amide bonds. The number of ether oxygens (including phenoxy) is 1. The minimum Gasteiger partial charge on any atom is -0.452 e. The van der Waals surface area contributed by atoms with Crippen LogP contribution in [0.3, 0.4) is 0 Å². The number of hydrogen-bond acceptors (Lipinski definition) is 5. The van der Waals surface area contributed by atoms with E-state index in [0.717, 1.165) is 0 Å². The van der Waals surface area contributed by atoms with Crippen molar-refractivity contribution in [3.63, 3.8) is 0 Å². The highest BCUT2D eigenvalue weighted by Gasteiger charge is 2.30. The number of hydrogen-bond donors (Lipinski definition) is 2. The Morgan fingerprint density at radius 2 is 2.04 bits per heavy atom. The predicted molar refractivity (Wildman–Crippen MR) is 105 cm³/mol. The maximum absolute atomic E-state index is 12.8. The largest absolute Gasteiger partial charge is 0.452 e. The van der Waals surface area contributed by atoms with Crippen molar-refractivity contribution in [2.24, 2.45) is 0 Å². The molecule has 0 spiro atoms. The van der Waals surface area contributed by atoms with Gasteiger partial charge in [-0.2, -0.15) is 0 Å². The summed E-state index contributed by atoms with van der Waals surface area (Å²) in [6.07, 6.45) is 0.146. The van der Waals surface area contributed by atoms with E-state index in [4.69, 9.17) is 10.5 Å². The standard InChI is InChI=1S/C19H18BrN3O4/c1-11-8-17(24)22-15-4-2-3-5-16(15)23(11)18(25)10-27-19(26)13-9-12(20)6-7-14(13)21/h2-7,9,11H,8,10,21H2,1H3,(H,22,24)/t11-/m1/s1. The Kier molecular flexibility index (Phi) is 5.46. The van der Waals surface area contributed by atoms with Gasteiger partial charge in [-0.3, -0.25) is 9.59 Å². The molecule has 3 N–H and O–H groups in total. The number of nitrogens with one attached hydrogen (secondary N) is 1. The zero-order chi connectivity index (χ0) is 19.6. The van der Waals surface area contributed by atoms with E-state index < -0.39 is 18.5 Å². The summed E-state index contributed by atoms with van der Waals surface area (Å²) in [7, 11) is 0. The van der Waals surface area contributed by atoms with Crippen LogP contribution in [0.5, 0.6) is 0 Å². The van der Waals surface area contributed by atoms with Gasteiger partial charge >= 0.3 is 5.97 Å². The van der Waals surface area contributed by atoms with Gasteiger partial charge in [0.1, 0.15) is 0 Å². The lowest BCUT2D eigenvalue weighted by Crippen LogP contribution is -2.41. The van der Waals surface area contributed by atoms with E-state index in [9.17, 15) is 14.4 Å². The zero-order valence-electron chi connectivity index (χ0n) is 14.6. The van der Waals surface area contributed by atoms with Crippen LogP contribution >= 0.6 is 15.9 Å². The number of nitrogens with two attached hydrogens (primary N) is 1. The molecule has 0 radical (unpaired) electrons. The van der Waals surface area contributed by atoms with Crippen molar-refractivity contribution in [1.29, 1.82) is 0 Å². The second-order valence-corrected chi connectivity index (χ2v) is 7.11. The van der Waals surface area contributed by atoms with Gasteiger partial charge in [0.05, 0.1) is 16.9 Å². The van der Waals surface area contributed by atoms with E-state index in [1.807, 2.05) is 0 Å². The Balaban J connectivity index is 1.78. The molecule has 1 atom stereocenters. The van der Waals surface area contributed by atoms with Crippen LogP contribution in [0.25, 0.3) is 0 Å². The summed E-state index contributed by atoms with van der Waals surface area (Å²) in [4.78, 5) is 38.5. The first-order valence-corrected chi connectivity index (χ1v) is 9.09. The van der Waals surface area contributed by atoms with Gasteiger partial charge in [-0.25, -0.2) is 4.79 Å². The topological polar surface area (TPSA) is 102 Å². The summed E-state index contributed by atoms with van der Waals surface area (Å²) in [5.41, 5.74) is 7.35. The van der Waals surface area contributed by atoms with Crippen molar-refractivity contribution in [3.8, 4) is 0 Å². The molecule has 0 bridgehead atoms. The highest BCUT2D eigenvalue weighted by molar-refractivity contribution is 9.10. The summed E-state index contributed by atoms with van der Waals surface area (Å²) in [5.74, 6) is -1.29. The normalized spacial score (nSPS) is 16.1. The molecule has 0 saturated carbocycles. The quantitative estimate of drug-likeness (QED) is 0.574. The van der Waals surface area contributed by atoms with Gasteiger partial charge in [0.15, 0.2) is 6.61 Å². The summed E-state index contributed by atoms with van der Waals surface area (Å²) in [6.45, 7) is 1.31. The summed E-state index contributed by atoms with van der Waals surface area (Å²) in [6, 6.07) is 11.4. The molecule has 2 aromatic rings. The lowest BCUT2D eigenvalue weighted by Gasteiger charge is -2.27. The van der Waals surface area contributed by atoms with Crippen LogP contribution in [0.15, 0.2) is 46.9 Å². The van der Waals surface area contributed by atoms with Gasteiger partial charge in [0.2, 0.25) is 5.91 Å². The minimum absolute atomic E-state index is 0.146. The Hall–Kier alpha value is -2.87. The van der Waals surface area contributed by atoms with Gasteiger partial charge in [-0.15, -0.1) is 0 Å². The van der Waals surface area contributed by atoms with E-state index in [0.29, 0.717) is 15.8 Å².